The number of ether oxygens (including phenoxy) is 1. The fraction of sp³-hybridized carbons (Fsp3) is 0.727. The summed E-state index contributed by atoms with van der Waals surface area (Å²) in [6.45, 7) is 5.17. The van der Waals surface area contributed by atoms with Gasteiger partial charge in [0.2, 0.25) is 10.0 Å². The largest absolute Gasteiger partial charge is 0.377 e. The fourth-order valence-electron chi connectivity index (χ4n) is 2.05. The Hall–Kier alpha value is -0.920. The summed E-state index contributed by atoms with van der Waals surface area (Å²) in [4.78, 5) is 0.291. The van der Waals surface area contributed by atoms with Crippen LogP contribution in [0.1, 0.15) is 19.0 Å². The van der Waals surface area contributed by atoms with Crippen molar-refractivity contribution >= 4 is 10.0 Å². The molecule has 1 aliphatic rings. The van der Waals surface area contributed by atoms with Crippen LogP contribution < -0.4 is 0 Å². The van der Waals surface area contributed by atoms with E-state index in [0.717, 1.165) is 6.42 Å². The van der Waals surface area contributed by atoms with Crippen LogP contribution in [0.25, 0.3) is 0 Å². The third-order valence-electron chi connectivity index (χ3n) is 3.22. The average Bonchev–Trinajstić information content (AvgIpc) is 2.53. The Bertz CT molecular complexity index is 524. The van der Waals surface area contributed by atoms with Crippen molar-refractivity contribution < 1.29 is 13.2 Å². The van der Waals surface area contributed by atoms with Gasteiger partial charge >= 0.3 is 0 Å². The van der Waals surface area contributed by atoms with Gasteiger partial charge in [-0.15, -0.1) is 0 Å². The van der Waals surface area contributed by atoms with Crippen molar-refractivity contribution in [3.63, 3.8) is 0 Å². The molecule has 7 heteroatoms. The minimum Gasteiger partial charge on any atom is -0.377 e. The van der Waals surface area contributed by atoms with E-state index in [2.05, 4.69) is 5.10 Å². The molecule has 1 unspecified atom stereocenters. The maximum atomic E-state index is 12.5. The predicted octanol–water partition coefficient (Wildman–Crippen LogP) is 0.528. The van der Waals surface area contributed by atoms with E-state index in [1.807, 2.05) is 6.92 Å². The van der Waals surface area contributed by atoms with Crippen LogP contribution in [-0.2, 0) is 21.8 Å². The smallest absolute Gasteiger partial charge is 0.246 e. The summed E-state index contributed by atoms with van der Waals surface area (Å²) in [5.41, 5.74) is 0.660. The lowest BCUT2D eigenvalue weighted by Crippen LogP contribution is -2.36. The minimum atomic E-state index is -3.46. The van der Waals surface area contributed by atoms with Crippen molar-refractivity contribution in [2.45, 2.75) is 31.3 Å². The molecule has 0 spiro atoms. The van der Waals surface area contributed by atoms with E-state index in [1.165, 1.54) is 10.5 Å². The zero-order valence-corrected chi connectivity index (χ0v) is 11.8. The molecule has 1 saturated heterocycles. The zero-order valence-electron chi connectivity index (χ0n) is 11.0. The van der Waals surface area contributed by atoms with E-state index in [1.54, 1.807) is 18.7 Å². The summed E-state index contributed by atoms with van der Waals surface area (Å²) in [7, 11) is -1.72. The molecule has 1 aromatic heterocycles. The zero-order chi connectivity index (χ0) is 13.3. The number of hydrogen-bond donors (Lipinski definition) is 0. The summed E-state index contributed by atoms with van der Waals surface area (Å²) < 4.78 is 33.6. The van der Waals surface area contributed by atoms with Gasteiger partial charge in [0.05, 0.1) is 18.0 Å². The summed E-state index contributed by atoms with van der Waals surface area (Å²) in [5, 5.41) is 4.00. The van der Waals surface area contributed by atoms with Gasteiger partial charge < -0.3 is 4.74 Å². The highest BCUT2D eigenvalue weighted by atomic mass is 32.2. The van der Waals surface area contributed by atoms with Crippen molar-refractivity contribution in [3.8, 4) is 0 Å². The molecule has 0 aliphatic carbocycles. The highest BCUT2D eigenvalue weighted by Gasteiger charge is 2.30. The second-order valence-corrected chi connectivity index (χ2v) is 6.52. The average molecular weight is 273 g/mol. The maximum absolute atomic E-state index is 12.5. The van der Waals surface area contributed by atoms with E-state index >= 15 is 0 Å². The van der Waals surface area contributed by atoms with Crippen molar-refractivity contribution in [2.24, 2.45) is 7.05 Å². The van der Waals surface area contributed by atoms with E-state index < -0.39 is 10.0 Å². The highest BCUT2D eigenvalue weighted by Crippen LogP contribution is 2.21. The Balaban J connectivity index is 2.33. The quantitative estimate of drug-likeness (QED) is 0.788. The molecular weight excluding hydrogens is 254 g/mol. The molecular formula is C11H19N3O3S. The first-order valence-electron chi connectivity index (χ1n) is 6.03. The molecule has 1 aromatic rings. The lowest BCUT2D eigenvalue weighted by molar-refractivity contribution is 0.0752. The highest BCUT2D eigenvalue weighted by molar-refractivity contribution is 7.89. The van der Waals surface area contributed by atoms with Crippen LogP contribution in [-0.4, -0.2) is 48.3 Å². The molecule has 1 aliphatic heterocycles. The standard InChI is InChI=1S/C11H19N3O3S/c1-9-8-14(5-4-6-17-9)18(15,16)11-7-12-13(3)10(11)2/h7,9H,4-6,8H2,1-3H3. The first-order chi connectivity index (χ1) is 8.43. The predicted molar refractivity (Wildman–Crippen MR) is 66.7 cm³/mol. The van der Waals surface area contributed by atoms with Crippen molar-refractivity contribution in [3.05, 3.63) is 11.9 Å². The van der Waals surface area contributed by atoms with E-state index in [4.69, 9.17) is 4.74 Å². The van der Waals surface area contributed by atoms with E-state index in [-0.39, 0.29) is 6.10 Å². The van der Waals surface area contributed by atoms with Crippen LogP contribution in [0.4, 0.5) is 0 Å². The molecule has 6 nitrogen and oxygen atoms in total. The molecule has 0 saturated carbocycles. The van der Waals surface area contributed by atoms with Crippen LogP contribution >= 0.6 is 0 Å². The third kappa shape index (κ3) is 2.43. The van der Waals surface area contributed by atoms with E-state index in [0.29, 0.717) is 30.3 Å². The van der Waals surface area contributed by atoms with Crippen molar-refractivity contribution in [2.75, 3.05) is 19.7 Å². The molecule has 18 heavy (non-hydrogen) atoms. The molecule has 1 atom stereocenters. The van der Waals surface area contributed by atoms with Gasteiger partial charge in [-0.3, -0.25) is 4.68 Å². The topological polar surface area (TPSA) is 64.4 Å². The maximum Gasteiger partial charge on any atom is 0.246 e. The van der Waals surface area contributed by atoms with Crippen LogP contribution in [0.3, 0.4) is 0 Å². The normalized spacial score (nSPS) is 22.9. The Morgan fingerprint density at radius 3 is 2.83 bits per heavy atom. The molecule has 2 rings (SSSR count). The van der Waals surface area contributed by atoms with Crippen molar-refractivity contribution in [1.29, 1.82) is 0 Å². The van der Waals surface area contributed by atoms with Gasteiger partial charge in [-0.2, -0.15) is 9.40 Å². The first-order valence-corrected chi connectivity index (χ1v) is 7.47. The number of rotatable bonds is 2. The molecule has 1 fully saturated rings. The van der Waals surface area contributed by atoms with Gasteiger partial charge in [-0.05, 0) is 20.3 Å². The van der Waals surface area contributed by atoms with Crippen molar-refractivity contribution in [1.82, 2.24) is 14.1 Å². The second kappa shape index (κ2) is 4.99. The number of sulfonamides is 1. The number of hydrogen-bond acceptors (Lipinski definition) is 4. The van der Waals surface area contributed by atoms with Gasteiger partial charge in [-0.1, -0.05) is 0 Å². The van der Waals surface area contributed by atoms with Gasteiger partial charge in [0.25, 0.3) is 0 Å². The Labute approximate surface area is 108 Å². The molecule has 0 radical (unpaired) electrons. The van der Waals surface area contributed by atoms with Crippen LogP contribution in [0, 0.1) is 6.92 Å². The Morgan fingerprint density at radius 1 is 1.50 bits per heavy atom. The number of aryl methyl sites for hydroxylation is 1. The second-order valence-electron chi connectivity index (χ2n) is 4.62. The molecule has 0 N–H and O–H groups in total. The molecule has 0 amide bonds. The van der Waals surface area contributed by atoms with E-state index in [9.17, 15) is 8.42 Å². The van der Waals surface area contributed by atoms with Crippen LogP contribution in [0.15, 0.2) is 11.1 Å². The van der Waals surface area contributed by atoms with Gasteiger partial charge in [0.15, 0.2) is 0 Å². The monoisotopic (exact) mass is 273 g/mol. The van der Waals surface area contributed by atoms with Gasteiger partial charge in [0.1, 0.15) is 4.90 Å². The third-order valence-corrected chi connectivity index (χ3v) is 5.19. The lowest BCUT2D eigenvalue weighted by atomic mass is 10.4. The summed E-state index contributed by atoms with van der Waals surface area (Å²) in [5.74, 6) is 0. The number of nitrogens with zero attached hydrogens (tertiary/aromatic N) is 3. The Morgan fingerprint density at radius 2 is 2.22 bits per heavy atom. The number of aromatic nitrogens is 2. The van der Waals surface area contributed by atoms with Crippen LogP contribution in [0.2, 0.25) is 0 Å². The molecule has 2 heterocycles. The summed E-state index contributed by atoms with van der Waals surface area (Å²) in [6, 6.07) is 0. The SMILES string of the molecule is Cc1c(S(=O)(=O)N2CCCOC(C)C2)cnn1C. The molecule has 102 valence electrons. The fourth-order valence-corrected chi connectivity index (χ4v) is 3.78. The summed E-state index contributed by atoms with van der Waals surface area (Å²) in [6.07, 6.45) is 2.07. The van der Waals surface area contributed by atoms with Crippen LogP contribution in [0.5, 0.6) is 0 Å². The van der Waals surface area contributed by atoms with Gasteiger partial charge in [-0.25, -0.2) is 8.42 Å². The Kier molecular flexibility index (Phi) is 3.74. The molecule has 0 bridgehead atoms. The lowest BCUT2D eigenvalue weighted by Gasteiger charge is -2.21. The first kappa shape index (κ1) is 13.5. The minimum absolute atomic E-state index is 0.0701. The molecule has 0 aromatic carbocycles. The summed E-state index contributed by atoms with van der Waals surface area (Å²) >= 11 is 0. The van der Waals surface area contributed by atoms with Gasteiger partial charge in [0, 0.05) is 26.7 Å².